The lowest BCUT2D eigenvalue weighted by molar-refractivity contribution is -0.137. The molecule has 1 unspecified atom stereocenters. The van der Waals surface area contributed by atoms with Gasteiger partial charge < -0.3 is 15.1 Å². The summed E-state index contributed by atoms with van der Waals surface area (Å²) >= 11 is 6.43. The molecule has 1 atom stereocenters. The third kappa shape index (κ3) is 6.22. The van der Waals surface area contributed by atoms with E-state index < -0.39 is 12.2 Å². The second kappa shape index (κ2) is 12.1. The molecule has 1 aliphatic rings. The molecule has 0 bridgehead atoms. The highest BCUT2D eigenvalue weighted by atomic mass is 35.5. The van der Waals surface area contributed by atoms with Crippen molar-refractivity contribution in [2.24, 2.45) is 0 Å². The predicted molar refractivity (Wildman–Crippen MR) is 155 cm³/mol. The summed E-state index contributed by atoms with van der Waals surface area (Å²) in [7, 11) is 0. The Labute approximate surface area is 233 Å². The minimum Gasteiger partial charge on any atom is -0.481 e. The normalized spacial score (nSPS) is 15.0. The zero-order valence-electron chi connectivity index (χ0n) is 22.1. The first-order chi connectivity index (χ1) is 18.9. The van der Waals surface area contributed by atoms with Crippen molar-refractivity contribution in [3.05, 3.63) is 88.7 Å². The molecule has 2 aromatic heterocycles. The molecular weight excluding hydrogens is 512 g/mol. The number of unbranched alkanes of at least 4 members (excludes halogenated alkanes) is 1. The number of aliphatic carboxylic acids is 1. The number of aryl methyl sites for hydroxylation is 2. The Bertz CT molecular complexity index is 1440. The number of rotatable bonds is 9. The second-order valence-electron chi connectivity index (χ2n) is 10.1. The van der Waals surface area contributed by atoms with E-state index in [0.717, 1.165) is 70.5 Å². The highest BCUT2D eigenvalue weighted by Crippen LogP contribution is 2.32. The van der Waals surface area contributed by atoms with Gasteiger partial charge in [-0.15, -0.1) is 0 Å². The van der Waals surface area contributed by atoms with Crippen molar-refractivity contribution in [3.63, 3.8) is 0 Å². The summed E-state index contributed by atoms with van der Waals surface area (Å²) in [6.45, 7) is 4.95. The van der Waals surface area contributed by atoms with Crippen molar-refractivity contribution in [3.8, 4) is 11.3 Å². The number of carboxylic acids is 1. The number of carbonyl (C=O) groups is 1. The zero-order chi connectivity index (χ0) is 27.4. The minimum atomic E-state index is -0.770. The average molecular weight is 545 g/mol. The lowest BCUT2D eigenvalue weighted by Gasteiger charge is -2.39. The van der Waals surface area contributed by atoms with E-state index in [2.05, 4.69) is 20.9 Å². The Morgan fingerprint density at radius 1 is 1.03 bits per heavy atom. The van der Waals surface area contributed by atoms with Crippen LogP contribution in [0.4, 0.5) is 5.69 Å². The van der Waals surface area contributed by atoms with Crippen LogP contribution in [0.5, 0.6) is 0 Å². The summed E-state index contributed by atoms with van der Waals surface area (Å²) in [6.07, 6.45) is 5.08. The van der Waals surface area contributed by atoms with Gasteiger partial charge in [-0.2, -0.15) is 0 Å². The molecule has 2 aromatic carbocycles. The van der Waals surface area contributed by atoms with Crippen LogP contribution in [-0.2, 0) is 11.2 Å². The fourth-order valence-corrected chi connectivity index (χ4v) is 5.68. The quantitative estimate of drug-likeness (QED) is 0.255. The van der Waals surface area contributed by atoms with Gasteiger partial charge in [0.05, 0.1) is 21.9 Å². The maximum atomic E-state index is 11.3. The Morgan fingerprint density at radius 3 is 2.51 bits per heavy atom. The minimum absolute atomic E-state index is 0.165. The largest absolute Gasteiger partial charge is 0.481 e. The number of fused-ring (bicyclic) bond motifs is 1. The zero-order valence-corrected chi connectivity index (χ0v) is 22.8. The number of piperazine rings is 1. The number of hydrogen-bond acceptors (Lipinski definition) is 6. The molecule has 0 radical (unpaired) electrons. The summed E-state index contributed by atoms with van der Waals surface area (Å²) in [6, 6.07) is 18.2. The number of aliphatic hydroxyl groups is 1. The van der Waals surface area contributed by atoms with Crippen LogP contribution in [0.1, 0.15) is 42.2 Å². The van der Waals surface area contributed by atoms with Crippen LogP contribution in [0.3, 0.4) is 0 Å². The van der Waals surface area contributed by atoms with Crippen LogP contribution < -0.4 is 4.90 Å². The first kappa shape index (κ1) is 27.1. The number of aromatic nitrogens is 2. The molecule has 3 heterocycles. The first-order valence-electron chi connectivity index (χ1n) is 13.4. The number of nitrogens with zero attached hydrogens (tertiary/aromatic N) is 4. The Morgan fingerprint density at radius 2 is 1.79 bits per heavy atom. The second-order valence-corrected chi connectivity index (χ2v) is 10.5. The number of pyridine rings is 2. The molecule has 0 saturated carbocycles. The van der Waals surface area contributed by atoms with Crippen LogP contribution in [0.15, 0.2) is 67.0 Å². The van der Waals surface area contributed by atoms with E-state index in [1.165, 1.54) is 0 Å². The molecule has 8 heteroatoms. The van der Waals surface area contributed by atoms with E-state index >= 15 is 0 Å². The molecule has 4 aromatic rings. The number of carboxylic acid groups (broad SMARTS) is 1. The van der Waals surface area contributed by atoms with E-state index in [1.54, 1.807) is 6.20 Å². The van der Waals surface area contributed by atoms with Gasteiger partial charge in [-0.25, -0.2) is 4.98 Å². The fraction of sp³-hybridized carbons (Fsp3) is 0.323. The van der Waals surface area contributed by atoms with Crippen molar-refractivity contribution in [1.29, 1.82) is 0 Å². The van der Waals surface area contributed by atoms with E-state index in [1.807, 2.05) is 61.7 Å². The molecular formula is C31H33ClN4O3. The Hall–Kier alpha value is -3.52. The number of halogens is 1. The van der Waals surface area contributed by atoms with Gasteiger partial charge in [0.25, 0.3) is 0 Å². The fourth-order valence-electron chi connectivity index (χ4n) is 5.35. The Balaban J connectivity index is 1.36. The maximum Gasteiger partial charge on any atom is 0.303 e. The average Bonchev–Trinajstić information content (AvgIpc) is 2.95. The summed E-state index contributed by atoms with van der Waals surface area (Å²) < 4.78 is 0. The van der Waals surface area contributed by atoms with Gasteiger partial charge in [-0.3, -0.25) is 14.7 Å². The van der Waals surface area contributed by atoms with Gasteiger partial charge in [-0.1, -0.05) is 48.0 Å². The number of aliphatic hydroxyl groups excluding tert-OH is 1. The molecule has 0 aliphatic carbocycles. The summed E-state index contributed by atoms with van der Waals surface area (Å²) in [5, 5.41) is 21.9. The van der Waals surface area contributed by atoms with Gasteiger partial charge in [0.15, 0.2) is 0 Å². The molecule has 202 valence electrons. The van der Waals surface area contributed by atoms with Gasteiger partial charge in [0.2, 0.25) is 0 Å². The smallest absolute Gasteiger partial charge is 0.303 e. The van der Waals surface area contributed by atoms with Gasteiger partial charge in [-0.05, 0) is 61.1 Å². The van der Waals surface area contributed by atoms with Crippen LogP contribution in [0, 0.1) is 6.92 Å². The first-order valence-corrected chi connectivity index (χ1v) is 13.8. The molecule has 5 rings (SSSR count). The molecule has 0 spiro atoms. The molecule has 1 saturated heterocycles. The molecule has 0 amide bonds. The van der Waals surface area contributed by atoms with E-state index in [-0.39, 0.29) is 6.42 Å². The van der Waals surface area contributed by atoms with Gasteiger partial charge >= 0.3 is 5.97 Å². The summed E-state index contributed by atoms with van der Waals surface area (Å²) in [5.74, 6) is -0.770. The molecule has 1 aliphatic heterocycles. The van der Waals surface area contributed by atoms with E-state index in [4.69, 9.17) is 21.7 Å². The van der Waals surface area contributed by atoms with E-state index in [0.29, 0.717) is 24.5 Å². The van der Waals surface area contributed by atoms with Crippen LogP contribution in [0.2, 0.25) is 5.02 Å². The topological polar surface area (TPSA) is 89.8 Å². The van der Waals surface area contributed by atoms with E-state index in [9.17, 15) is 9.90 Å². The monoisotopic (exact) mass is 544 g/mol. The van der Waals surface area contributed by atoms with Crippen molar-refractivity contribution >= 4 is 34.2 Å². The standard InChI is InChI=1S/C31H33ClN4O3/c1-21-19-33-20-26(32)30(21)35-13-15-36(16-14-35)31(39)24-11-12-27-25(18-24)17-23(9-5-6-10-28(37)38)29(34-27)22-7-3-2-4-8-22/h2-4,7-8,11-12,17-20,31,39H,5-6,9-10,13-16H2,1H3,(H,37,38). The Kier molecular flexibility index (Phi) is 8.41. The van der Waals surface area contributed by atoms with Crippen molar-refractivity contribution in [2.75, 3.05) is 31.1 Å². The van der Waals surface area contributed by atoms with Gasteiger partial charge in [0, 0.05) is 55.9 Å². The van der Waals surface area contributed by atoms with Crippen LogP contribution in [-0.4, -0.2) is 57.2 Å². The number of benzene rings is 2. The number of anilines is 1. The maximum absolute atomic E-state index is 11.3. The highest BCUT2D eigenvalue weighted by molar-refractivity contribution is 6.33. The van der Waals surface area contributed by atoms with Crippen LogP contribution >= 0.6 is 11.6 Å². The molecule has 2 N–H and O–H groups in total. The molecule has 7 nitrogen and oxygen atoms in total. The summed E-state index contributed by atoms with van der Waals surface area (Å²) in [5.41, 5.74) is 6.82. The van der Waals surface area contributed by atoms with Gasteiger partial charge in [0.1, 0.15) is 6.23 Å². The third-order valence-electron chi connectivity index (χ3n) is 7.38. The highest BCUT2D eigenvalue weighted by Gasteiger charge is 2.25. The molecule has 39 heavy (non-hydrogen) atoms. The van der Waals surface area contributed by atoms with Crippen molar-refractivity contribution in [1.82, 2.24) is 14.9 Å². The predicted octanol–water partition coefficient (Wildman–Crippen LogP) is 5.87. The lowest BCUT2D eigenvalue weighted by Crippen LogP contribution is -2.48. The van der Waals surface area contributed by atoms with Crippen molar-refractivity contribution in [2.45, 2.75) is 38.8 Å². The SMILES string of the molecule is Cc1cncc(Cl)c1N1CCN(C(O)c2ccc3nc(-c4ccccc4)c(CCCCC(=O)O)cc3c2)CC1. The van der Waals surface area contributed by atoms with Crippen LogP contribution in [0.25, 0.3) is 22.2 Å². The number of hydrogen-bond donors (Lipinski definition) is 2. The summed E-state index contributed by atoms with van der Waals surface area (Å²) in [4.78, 5) is 24.5. The molecule has 1 fully saturated rings. The third-order valence-corrected chi connectivity index (χ3v) is 7.66. The van der Waals surface area contributed by atoms with Crippen molar-refractivity contribution < 1.29 is 15.0 Å². The lowest BCUT2D eigenvalue weighted by atomic mass is 9.98.